The molecule has 0 unspecified atom stereocenters. The zero-order valence-electron chi connectivity index (χ0n) is 16.4. The average molecular weight is 415 g/mol. The lowest BCUT2D eigenvalue weighted by molar-refractivity contribution is -0.384. The Labute approximate surface area is 177 Å². The van der Waals surface area contributed by atoms with Crippen LogP contribution in [-0.2, 0) is 9.59 Å². The number of para-hydroxylation sites is 1. The van der Waals surface area contributed by atoms with Gasteiger partial charge in [-0.2, -0.15) is 0 Å². The van der Waals surface area contributed by atoms with Crippen LogP contribution in [0.3, 0.4) is 0 Å². The Bertz CT molecular complexity index is 1200. The molecule has 0 bridgehead atoms. The van der Waals surface area contributed by atoms with Crippen molar-refractivity contribution >= 4 is 34.4 Å². The van der Waals surface area contributed by atoms with Gasteiger partial charge in [0.2, 0.25) is 0 Å². The lowest BCUT2D eigenvalue weighted by atomic mass is 10.0. The topological polar surface area (TPSA) is 102 Å². The number of rotatable bonds is 6. The number of non-ortho nitro benzene ring substituents is 1. The monoisotopic (exact) mass is 415 g/mol. The van der Waals surface area contributed by atoms with Gasteiger partial charge in [0.05, 0.1) is 23.3 Å². The number of carbonyl (C=O) groups excluding carboxylic acids is 2. The zero-order chi connectivity index (χ0) is 22.0. The summed E-state index contributed by atoms with van der Waals surface area (Å²) >= 11 is 0. The van der Waals surface area contributed by atoms with Gasteiger partial charge >= 0.3 is 0 Å². The molecule has 0 saturated carbocycles. The van der Waals surface area contributed by atoms with Crippen molar-refractivity contribution in [3.05, 3.63) is 100 Å². The van der Waals surface area contributed by atoms with Crippen molar-refractivity contribution in [3.63, 3.8) is 0 Å². The van der Waals surface area contributed by atoms with Crippen LogP contribution in [0.1, 0.15) is 5.56 Å². The summed E-state index contributed by atoms with van der Waals surface area (Å²) in [5.74, 6) is -0.569. The highest BCUT2D eigenvalue weighted by Crippen LogP contribution is 2.35. The molecular weight excluding hydrogens is 398 g/mol. The quantitative estimate of drug-likeness (QED) is 0.371. The van der Waals surface area contributed by atoms with Gasteiger partial charge in [-0.15, -0.1) is 0 Å². The molecule has 0 aromatic heterocycles. The number of nitrogens with one attached hydrogen (secondary N) is 1. The lowest BCUT2D eigenvalue weighted by Gasteiger charge is -2.16. The van der Waals surface area contributed by atoms with E-state index in [0.29, 0.717) is 22.7 Å². The molecule has 0 aliphatic carbocycles. The Hall–Kier alpha value is -4.46. The van der Waals surface area contributed by atoms with Gasteiger partial charge in [-0.3, -0.25) is 19.7 Å². The molecule has 0 saturated heterocycles. The minimum atomic E-state index is -0.537. The van der Waals surface area contributed by atoms with Crippen LogP contribution in [0, 0.1) is 10.1 Å². The molecule has 0 spiro atoms. The molecule has 2 amide bonds. The average Bonchev–Trinajstić information content (AvgIpc) is 3.03. The molecule has 8 nitrogen and oxygen atoms in total. The third-order valence-corrected chi connectivity index (χ3v) is 4.81. The lowest BCUT2D eigenvalue weighted by Crippen LogP contribution is -2.32. The number of ether oxygens (including phenoxy) is 1. The highest BCUT2D eigenvalue weighted by Gasteiger charge is 2.40. The molecule has 1 aliphatic heterocycles. The first-order valence-electron chi connectivity index (χ1n) is 9.33. The fourth-order valence-corrected chi connectivity index (χ4v) is 3.31. The Balaban J connectivity index is 1.81. The first-order valence-corrected chi connectivity index (χ1v) is 9.33. The van der Waals surface area contributed by atoms with E-state index >= 15 is 0 Å². The van der Waals surface area contributed by atoms with Crippen molar-refractivity contribution in [1.29, 1.82) is 0 Å². The van der Waals surface area contributed by atoms with E-state index in [1.165, 1.54) is 31.4 Å². The van der Waals surface area contributed by atoms with Gasteiger partial charge in [-0.05, 0) is 42.0 Å². The second-order valence-electron chi connectivity index (χ2n) is 6.69. The first-order chi connectivity index (χ1) is 15.0. The number of nitrogens with zero attached hydrogens (tertiary/aromatic N) is 2. The minimum absolute atomic E-state index is 0.0906. The number of benzene rings is 3. The summed E-state index contributed by atoms with van der Waals surface area (Å²) in [6.45, 7) is 0. The van der Waals surface area contributed by atoms with Gasteiger partial charge in [-0.25, -0.2) is 4.90 Å². The van der Waals surface area contributed by atoms with Crippen LogP contribution in [0.15, 0.2) is 84.6 Å². The summed E-state index contributed by atoms with van der Waals surface area (Å²) in [6, 6.07) is 21.1. The van der Waals surface area contributed by atoms with Crippen LogP contribution < -0.4 is 15.0 Å². The zero-order valence-corrected chi connectivity index (χ0v) is 16.4. The van der Waals surface area contributed by atoms with Crippen molar-refractivity contribution in [2.24, 2.45) is 0 Å². The van der Waals surface area contributed by atoms with Gasteiger partial charge in [0, 0.05) is 23.9 Å². The Morgan fingerprint density at radius 3 is 2.26 bits per heavy atom. The number of nitro benzene ring substituents is 1. The van der Waals surface area contributed by atoms with Gasteiger partial charge in [0.15, 0.2) is 0 Å². The maximum Gasteiger partial charge on any atom is 0.282 e. The van der Waals surface area contributed by atoms with E-state index in [0.717, 1.165) is 4.90 Å². The summed E-state index contributed by atoms with van der Waals surface area (Å²) in [5.41, 5.74) is 1.50. The second-order valence-corrected chi connectivity index (χ2v) is 6.69. The van der Waals surface area contributed by atoms with E-state index < -0.39 is 16.7 Å². The van der Waals surface area contributed by atoms with Crippen LogP contribution in [0.2, 0.25) is 0 Å². The molecule has 0 fully saturated rings. The van der Waals surface area contributed by atoms with Gasteiger partial charge < -0.3 is 10.1 Å². The Morgan fingerprint density at radius 1 is 0.903 bits per heavy atom. The van der Waals surface area contributed by atoms with Gasteiger partial charge in [0.25, 0.3) is 17.5 Å². The van der Waals surface area contributed by atoms with Crippen LogP contribution >= 0.6 is 0 Å². The van der Waals surface area contributed by atoms with E-state index in [9.17, 15) is 19.7 Å². The minimum Gasteiger partial charge on any atom is -0.497 e. The predicted octanol–water partition coefficient (Wildman–Crippen LogP) is 4.00. The highest BCUT2D eigenvalue weighted by atomic mass is 16.6. The number of hydrogen-bond donors (Lipinski definition) is 1. The van der Waals surface area contributed by atoms with Crippen molar-refractivity contribution < 1.29 is 19.2 Å². The molecule has 0 radical (unpaired) electrons. The molecule has 1 aliphatic rings. The van der Waals surface area contributed by atoms with Crippen molar-refractivity contribution in [2.45, 2.75) is 0 Å². The molecular formula is C23H17N3O5. The van der Waals surface area contributed by atoms with E-state index in [1.54, 1.807) is 48.5 Å². The maximum atomic E-state index is 13.4. The number of carbonyl (C=O) groups is 2. The van der Waals surface area contributed by atoms with Gasteiger partial charge in [-0.1, -0.05) is 24.3 Å². The predicted molar refractivity (Wildman–Crippen MR) is 116 cm³/mol. The summed E-state index contributed by atoms with van der Waals surface area (Å²) in [5, 5.41) is 14.0. The Morgan fingerprint density at radius 2 is 1.61 bits per heavy atom. The maximum absolute atomic E-state index is 13.4. The van der Waals surface area contributed by atoms with Crippen LogP contribution in [0.4, 0.5) is 17.1 Å². The number of amides is 2. The van der Waals surface area contributed by atoms with Crippen LogP contribution in [-0.4, -0.2) is 23.8 Å². The largest absolute Gasteiger partial charge is 0.497 e. The smallest absolute Gasteiger partial charge is 0.282 e. The number of hydrogen-bond acceptors (Lipinski definition) is 6. The number of methoxy groups -OCH3 is 1. The normalized spacial score (nSPS) is 13.5. The first kappa shape index (κ1) is 19.8. The molecule has 31 heavy (non-hydrogen) atoms. The van der Waals surface area contributed by atoms with Crippen LogP contribution in [0.5, 0.6) is 5.75 Å². The van der Waals surface area contributed by atoms with Crippen molar-refractivity contribution in [3.8, 4) is 5.75 Å². The van der Waals surface area contributed by atoms with E-state index in [4.69, 9.17) is 4.74 Å². The van der Waals surface area contributed by atoms with E-state index in [2.05, 4.69) is 5.32 Å². The molecule has 8 heteroatoms. The molecule has 154 valence electrons. The summed E-state index contributed by atoms with van der Waals surface area (Å²) in [4.78, 5) is 38.2. The molecule has 3 aromatic rings. The second kappa shape index (κ2) is 8.11. The SMILES string of the molecule is COc1cccc(N2C(=O)C(Nc3ccccc3)=C(c3ccc([N+](=O)[O-])cc3)C2=O)c1. The summed E-state index contributed by atoms with van der Waals surface area (Å²) in [6.07, 6.45) is 0. The summed E-state index contributed by atoms with van der Waals surface area (Å²) in [7, 11) is 1.50. The fraction of sp³-hybridized carbons (Fsp3) is 0.0435. The molecule has 4 rings (SSSR count). The number of anilines is 2. The molecule has 3 aromatic carbocycles. The van der Waals surface area contributed by atoms with Crippen LogP contribution in [0.25, 0.3) is 5.57 Å². The fourth-order valence-electron chi connectivity index (χ4n) is 3.31. The summed E-state index contributed by atoms with van der Waals surface area (Å²) < 4.78 is 5.21. The Kier molecular flexibility index (Phi) is 5.19. The standard InChI is InChI=1S/C23H17N3O5/c1-31-19-9-5-8-18(14-19)25-22(27)20(15-10-12-17(13-11-15)26(29)30)21(23(25)28)24-16-6-3-2-4-7-16/h2-14,24H,1H3. The third-order valence-electron chi connectivity index (χ3n) is 4.81. The molecule has 1 N–H and O–H groups in total. The molecule has 0 atom stereocenters. The van der Waals surface area contributed by atoms with Gasteiger partial charge in [0.1, 0.15) is 11.4 Å². The number of imide groups is 1. The van der Waals surface area contributed by atoms with Crippen molar-refractivity contribution in [1.82, 2.24) is 0 Å². The molecule has 1 heterocycles. The van der Waals surface area contributed by atoms with Crippen molar-refractivity contribution in [2.75, 3.05) is 17.3 Å². The number of nitro groups is 1. The van der Waals surface area contributed by atoms with E-state index in [1.807, 2.05) is 6.07 Å². The third kappa shape index (κ3) is 3.74. The highest BCUT2D eigenvalue weighted by molar-refractivity contribution is 6.46. The van der Waals surface area contributed by atoms with E-state index in [-0.39, 0.29) is 17.0 Å².